The molecule has 3 heteroatoms. The van der Waals surface area contributed by atoms with Gasteiger partial charge in [0.05, 0.1) is 0 Å². The Balaban J connectivity index is 0.855. The van der Waals surface area contributed by atoms with Crippen LogP contribution in [0.25, 0.3) is 169 Å². The molecule has 17 aromatic rings. The van der Waals surface area contributed by atoms with Crippen LogP contribution in [-0.2, 0) is 0 Å². The first-order chi connectivity index (χ1) is 39.2. The predicted molar refractivity (Wildman–Crippen MR) is 347 cm³/mol. The van der Waals surface area contributed by atoms with E-state index >= 15 is 0 Å². The molecular weight excluding hydrogens is 1060 g/mol. The monoisotopic (exact) mass is 1100 g/mol. The number of hydrogen-bond acceptors (Lipinski definition) is 2. The Kier molecular flexibility index (Phi) is 10.2. The first-order valence-electron chi connectivity index (χ1n) is 27.0. The first-order valence-corrected chi connectivity index (χ1v) is 30.4. The second-order valence-corrected chi connectivity index (χ2v) is 25.3. The van der Waals surface area contributed by atoms with Gasteiger partial charge in [0.1, 0.15) is 0 Å². The van der Waals surface area contributed by atoms with Gasteiger partial charge in [-0.2, -0.15) is 0 Å². The van der Waals surface area contributed by atoms with Crippen molar-refractivity contribution in [3.8, 4) is 66.8 Å². The van der Waals surface area contributed by atoms with Gasteiger partial charge in [0.25, 0.3) is 0 Å². The van der Waals surface area contributed by atoms with E-state index in [0.717, 1.165) is 0 Å². The van der Waals surface area contributed by atoms with Crippen LogP contribution in [0, 0.1) is 0 Å². The van der Waals surface area contributed by atoms with Gasteiger partial charge < -0.3 is 0 Å². The van der Waals surface area contributed by atoms with Gasteiger partial charge in [0.2, 0.25) is 0 Å². The Bertz CT molecular complexity index is 5250. The second-order valence-electron chi connectivity index (χ2n) is 20.9. The van der Waals surface area contributed by atoms with Gasteiger partial charge in [-0.3, -0.25) is 0 Å². The molecule has 0 spiro atoms. The van der Waals surface area contributed by atoms with Crippen molar-refractivity contribution in [2.24, 2.45) is 0 Å². The summed E-state index contributed by atoms with van der Waals surface area (Å²) in [4.78, 5) is 0. The molecule has 17 rings (SSSR count). The molecule has 0 fully saturated rings. The van der Waals surface area contributed by atoms with Crippen LogP contribution in [-0.4, -0.2) is 14.5 Å². The Morgan fingerprint density at radius 1 is 0.215 bits per heavy atom. The fourth-order valence-electron chi connectivity index (χ4n) is 13.2. The molecule has 79 heavy (non-hydrogen) atoms. The maximum Gasteiger partial charge on any atom is -0.0544 e. The molecule has 0 saturated heterocycles. The largest absolute Gasteiger partial charge is 0.0617 e. The van der Waals surface area contributed by atoms with Gasteiger partial charge in [-0.15, -0.1) is 0 Å². The zero-order valence-corrected chi connectivity index (χ0v) is 46.0. The van der Waals surface area contributed by atoms with E-state index in [1.807, 2.05) is 22.7 Å². The van der Waals surface area contributed by atoms with Crippen LogP contribution >= 0.6 is 22.7 Å². The summed E-state index contributed by atoms with van der Waals surface area (Å²) in [6.45, 7) is 0. The molecule has 0 N–H and O–H groups in total. The third-order valence-electron chi connectivity index (χ3n) is 16.7. The molecule has 0 saturated carbocycles. The van der Waals surface area contributed by atoms with Crippen molar-refractivity contribution < 1.29 is 0 Å². The minimum atomic E-state index is 0.0619. The number of hydrogen-bond donors (Lipinski definition) is 0. The van der Waals surface area contributed by atoms with Crippen LogP contribution in [0.4, 0.5) is 0 Å². The quantitative estimate of drug-likeness (QED) is 0.115. The smallest absolute Gasteiger partial charge is 0.0544 e. The van der Waals surface area contributed by atoms with Crippen LogP contribution in [0.1, 0.15) is 0 Å². The molecule has 0 amide bonds. The zero-order chi connectivity index (χ0) is 51.7. The standard InChI is InChI=1S/C76H44S2Se/c1-3-17-45(18-4-1)47-33-37-66-62(41-47)64-43-49(35-39-68(64)77-66)71-51-21-7-11-25-55(51)73(56-26-12-8-22-52(56)71)59-29-16-32-70-75(59)61-31-15-30-60(76(61)79-70)74-57-27-13-9-23-53(57)72(54-24-10-14-28-58(54)74)50-36-40-69-65(44-50)63-42-48(34-38-67(63)78-69)46-19-5-2-6-20-46/h1-44H. The SMILES string of the molecule is c1ccc(-c2ccc3sc4ccc(-c5c6ccccc6c(-c6cccc7c6[se]c6cccc(-c8c9ccccc9c(-c9ccc%10sc%11ccc(-c%12ccccc%12)cc%11c%10c9)c9ccccc89)c67)c6ccccc56)cc4c3c2)cc1. The summed E-state index contributed by atoms with van der Waals surface area (Å²) < 4.78 is 8.16. The van der Waals surface area contributed by atoms with Crippen molar-refractivity contribution in [2.45, 2.75) is 0 Å². The van der Waals surface area contributed by atoms with Gasteiger partial charge in [-0.25, -0.2) is 0 Å². The van der Waals surface area contributed by atoms with Gasteiger partial charge >= 0.3 is 378 Å². The molecule has 0 radical (unpaired) electrons. The Hall–Kier alpha value is -8.92. The summed E-state index contributed by atoms with van der Waals surface area (Å²) in [6, 6.07) is 101. The maximum atomic E-state index is 2.46. The molecule has 0 bridgehead atoms. The van der Waals surface area contributed by atoms with Crippen molar-refractivity contribution in [3.05, 3.63) is 267 Å². The van der Waals surface area contributed by atoms with E-state index in [4.69, 9.17) is 0 Å². The summed E-state index contributed by atoms with van der Waals surface area (Å²) in [7, 11) is 0. The summed E-state index contributed by atoms with van der Waals surface area (Å²) in [5.41, 5.74) is 15.3. The van der Waals surface area contributed by atoms with Gasteiger partial charge in [0.15, 0.2) is 0 Å². The third kappa shape index (κ3) is 6.98. The van der Waals surface area contributed by atoms with Crippen molar-refractivity contribution >= 4 is 140 Å². The van der Waals surface area contributed by atoms with Crippen LogP contribution in [0.2, 0.25) is 0 Å². The van der Waals surface area contributed by atoms with Crippen molar-refractivity contribution in [2.75, 3.05) is 0 Å². The predicted octanol–water partition coefficient (Wildman–Crippen LogP) is 22.4. The van der Waals surface area contributed by atoms with E-state index in [0.29, 0.717) is 0 Å². The molecule has 0 nitrogen and oxygen atoms in total. The topological polar surface area (TPSA) is 0 Å². The number of thiophene rings is 2. The van der Waals surface area contributed by atoms with Crippen molar-refractivity contribution in [1.82, 2.24) is 0 Å². The molecule has 14 aromatic carbocycles. The molecule has 0 unspecified atom stereocenters. The normalized spacial score (nSPS) is 12.1. The average Bonchev–Trinajstić information content (AvgIpc) is 4.43. The molecule has 3 heterocycles. The average molecular weight is 1100 g/mol. The third-order valence-corrected chi connectivity index (χ3v) is 21.5. The first kappa shape index (κ1) is 45.1. The van der Waals surface area contributed by atoms with E-state index in [-0.39, 0.29) is 14.5 Å². The number of rotatable bonds is 6. The Labute approximate surface area is 470 Å². The Morgan fingerprint density at radius 2 is 0.544 bits per heavy atom. The minimum absolute atomic E-state index is 0.0619. The van der Waals surface area contributed by atoms with E-state index in [1.165, 1.54) is 169 Å². The zero-order valence-electron chi connectivity index (χ0n) is 42.6. The summed E-state index contributed by atoms with van der Waals surface area (Å²) >= 11 is 3.83. The molecule has 0 aliphatic rings. The van der Waals surface area contributed by atoms with Gasteiger partial charge in [0, 0.05) is 0 Å². The van der Waals surface area contributed by atoms with Gasteiger partial charge in [-0.05, 0) is 22.8 Å². The molecule has 366 valence electrons. The number of fused-ring (bicyclic) bond motifs is 13. The summed E-state index contributed by atoms with van der Waals surface area (Å²) in [6.07, 6.45) is 0. The van der Waals surface area contributed by atoms with Crippen LogP contribution in [0.15, 0.2) is 267 Å². The molecule has 0 aliphatic carbocycles. The van der Waals surface area contributed by atoms with Crippen LogP contribution in [0.3, 0.4) is 0 Å². The maximum absolute atomic E-state index is 2.46. The second kappa shape index (κ2) is 17.8. The van der Waals surface area contributed by atoms with Crippen molar-refractivity contribution in [1.29, 1.82) is 0 Å². The summed E-state index contributed by atoms with van der Waals surface area (Å²) in [5.74, 6) is 0. The number of benzene rings is 14. The van der Waals surface area contributed by atoms with E-state index in [2.05, 4.69) is 267 Å². The van der Waals surface area contributed by atoms with E-state index < -0.39 is 0 Å². The van der Waals surface area contributed by atoms with Gasteiger partial charge in [-0.1, -0.05) is 72.8 Å². The fraction of sp³-hybridized carbons (Fsp3) is 0. The molecule has 0 atom stereocenters. The molecular formula is C76H44S2Se. The van der Waals surface area contributed by atoms with Crippen molar-refractivity contribution in [3.63, 3.8) is 0 Å². The summed E-state index contributed by atoms with van der Waals surface area (Å²) in [5, 5.41) is 18.2. The van der Waals surface area contributed by atoms with Crippen LogP contribution < -0.4 is 0 Å². The van der Waals surface area contributed by atoms with Crippen LogP contribution in [0.5, 0.6) is 0 Å². The molecule has 3 aromatic heterocycles. The van der Waals surface area contributed by atoms with E-state index in [1.54, 1.807) is 0 Å². The minimum Gasteiger partial charge on any atom is -0.0617 e. The fourth-order valence-corrected chi connectivity index (χ4v) is 18.0. The van der Waals surface area contributed by atoms with E-state index in [9.17, 15) is 0 Å². The Morgan fingerprint density at radius 3 is 0.975 bits per heavy atom. The molecule has 0 aliphatic heterocycles.